The second-order valence-corrected chi connectivity index (χ2v) is 9.68. The number of carbonyl (C=O) groups excluding carboxylic acids is 1. The Hall–Kier alpha value is -0.950. The van der Waals surface area contributed by atoms with Gasteiger partial charge in [0.2, 0.25) is 0 Å². The number of carboxylic acids is 1. The highest BCUT2D eigenvalue weighted by Crippen LogP contribution is 2.37. The third-order valence-corrected chi connectivity index (χ3v) is 5.42. The van der Waals surface area contributed by atoms with Crippen molar-refractivity contribution in [1.29, 1.82) is 0 Å². The number of hydrogen-bond donors (Lipinski definition) is 1. The lowest BCUT2D eigenvalue weighted by Crippen LogP contribution is -2.73. The van der Waals surface area contributed by atoms with Gasteiger partial charge in [0.1, 0.15) is 5.60 Å². The van der Waals surface area contributed by atoms with E-state index in [0.717, 1.165) is 13.1 Å². The predicted molar refractivity (Wildman–Crippen MR) is 90.9 cm³/mol. The standard InChI is InChI=1S/C16H28N2O4S/c1-11-7-18(8-12(2)23-11)16(6-13(19)20)9-17(10-16)14(21)22-15(3,4)5/h11-12H,6-10H2,1-5H3,(H,19,20). The zero-order chi connectivity index (χ0) is 17.4. The van der Waals surface area contributed by atoms with Crippen molar-refractivity contribution in [2.45, 2.75) is 62.7 Å². The first-order chi connectivity index (χ1) is 10.5. The Kier molecular flexibility index (Phi) is 5.21. The second-order valence-electron chi connectivity index (χ2n) is 7.79. The molecule has 2 heterocycles. The van der Waals surface area contributed by atoms with Gasteiger partial charge >= 0.3 is 12.1 Å². The summed E-state index contributed by atoms with van der Waals surface area (Å²) >= 11 is 1.94. The number of nitrogens with zero attached hydrogens (tertiary/aromatic N) is 2. The van der Waals surface area contributed by atoms with Gasteiger partial charge in [-0.05, 0) is 20.8 Å². The highest BCUT2D eigenvalue weighted by molar-refractivity contribution is 8.00. The molecule has 7 heteroatoms. The SMILES string of the molecule is CC1CN(C2(CC(=O)O)CN(C(=O)OC(C)(C)C)C2)CC(C)S1. The zero-order valence-electron chi connectivity index (χ0n) is 14.7. The molecule has 2 aliphatic rings. The number of likely N-dealkylation sites (tertiary alicyclic amines) is 1. The van der Waals surface area contributed by atoms with E-state index < -0.39 is 17.1 Å². The summed E-state index contributed by atoms with van der Waals surface area (Å²) in [6, 6.07) is 0. The van der Waals surface area contributed by atoms with Crippen molar-refractivity contribution < 1.29 is 19.4 Å². The smallest absolute Gasteiger partial charge is 0.410 e. The minimum absolute atomic E-state index is 0.0659. The molecule has 1 N–H and O–H groups in total. The Morgan fingerprint density at radius 3 is 2.17 bits per heavy atom. The number of thioether (sulfide) groups is 1. The molecular formula is C16H28N2O4S. The van der Waals surface area contributed by atoms with Gasteiger partial charge in [0.15, 0.2) is 0 Å². The second kappa shape index (κ2) is 6.51. The molecule has 2 atom stereocenters. The van der Waals surface area contributed by atoms with Gasteiger partial charge < -0.3 is 14.7 Å². The van der Waals surface area contributed by atoms with Crippen LogP contribution in [0.2, 0.25) is 0 Å². The van der Waals surface area contributed by atoms with Crippen LogP contribution in [-0.4, -0.2) is 74.8 Å². The first-order valence-corrected chi connectivity index (χ1v) is 9.05. The van der Waals surface area contributed by atoms with Crippen LogP contribution >= 0.6 is 11.8 Å². The normalized spacial score (nSPS) is 28.1. The molecule has 23 heavy (non-hydrogen) atoms. The quantitative estimate of drug-likeness (QED) is 0.847. The van der Waals surface area contributed by atoms with E-state index in [4.69, 9.17) is 4.74 Å². The molecule has 2 aliphatic heterocycles. The van der Waals surface area contributed by atoms with E-state index >= 15 is 0 Å². The van der Waals surface area contributed by atoms with Gasteiger partial charge in [-0.15, -0.1) is 0 Å². The molecule has 2 saturated heterocycles. The Morgan fingerprint density at radius 1 is 1.22 bits per heavy atom. The molecule has 2 unspecified atom stereocenters. The third-order valence-electron chi connectivity index (χ3n) is 4.19. The van der Waals surface area contributed by atoms with Gasteiger partial charge in [0.25, 0.3) is 0 Å². The molecule has 0 aromatic heterocycles. The van der Waals surface area contributed by atoms with E-state index in [1.807, 2.05) is 32.5 Å². The molecule has 1 amide bonds. The minimum atomic E-state index is -0.813. The maximum atomic E-state index is 12.2. The third kappa shape index (κ3) is 4.53. The lowest BCUT2D eigenvalue weighted by atomic mass is 9.84. The van der Waals surface area contributed by atoms with Crippen molar-refractivity contribution in [3.63, 3.8) is 0 Å². The minimum Gasteiger partial charge on any atom is -0.481 e. The fraction of sp³-hybridized carbons (Fsp3) is 0.875. The van der Waals surface area contributed by atoms with Crippen LogP contribution in [0.4, 0.5) is 4.79 Å². The zero-order valence-corrected chi connectivity index (χ0v) is 15.5. The number of carboxylic acid groups (broad SMARTS) is 1. The van der Waals surface area contributed by atoms with Crippen LogP contribution in [-0.2, 0) is 9.53 Å². The summed E-state index contributed by atoms with van der Waals surface area (Å²) in [5.41, 5.74) is -0.987. The number of rotatable bonds is 3. The number of aliphatic carboxylic acids is 1. The van der Waals surface area contributed by atoms with Crippen LogP contribution in [0.25, 0.3) is 0 Å². The van der Waals surface area contributed by atoms with E-state index in [9.17, 15) is 14.7 Å². The number of amides is 1. The predicted octanol–water partition coefficient (Wildman–Crippen LogP) is 2.28. The maximum absolute atomic E-state index is 12.2. The van der Waals surface area contributed by atoms with Crippen molar-refractivity contribution in [2.24, 2.45) is 0 Å². The highest BCUT2D eigenvalue weighted by Gasteiger charge is 2.52. The molecule has 2 rings (SSSR count). The Labute approximate surface area is 142 Å². The van der Waals surface area contributed by atoms with Gasteiger partial charge in [0, 0.05) is 36.7 Å². The van der Waals surface area contributed by atoms with Crippen LogP contribution in [0, 0.1) is 0 Å². The van der Waals surface area contributed by atoms with E-state index in [2.05, 4.69) is 18.7 Å². The summed E-state index contributed by atoms with van der Waals surface area (Å²) in [5, 5.41) is 10.3. The molecule has 6 nitrogen and oxygen atoms in total. The van der Waals surface area contributed by atoms with Crippen LogP contribution in [0.3, 0.4) is 0 Å². The van der Waals surface area contributed by atoms with Crippen molar-refractivity contribution in [2.75, 3.05) is 26.2 Å². The molecule has 0 spiro atoms. The van der Waals surface area contributed by atoms with E-state index in [-0.39, 0.29) is 12.5 Å². The summed E-state index contributed by atoms with van der Waals surface area (Å²) in [6.45, 7) is 12.4. The largest absolute Gasteiger partial charge is 0.481 e. The molecule has 0 saturated carbocycles. The Bertz CT molecular complexity index is 461. The fourth-order valence-electron chi connectivity index (χ4n) is 3.39. The van der Waals surface area contributed by atoms with E-state index in [0.29, 0.717) is 23.6 Å². The Morgan fingerprint density at radius 2 is 1.74 bits per heavy atom. The maximum Gasteiger partial charge on any atom is 0.410 e. The van der Waals surface area contributed by atoms with Gasteiger partial charge in [-0.3, -0.25) is 9.69 Å². The van der Waals surface area contributed by atoms with E-state index in [1.54, 1.807) is 4.90 Å². The molecule has 0 aromatic rings. The van der Waals surface area contributed by atoms with Gasteiger partial charge in [-0.2, -0.15) is 11.8 Å². The van der Waals surface area contributed by atoms with Crippen molar-refractivity contribution in [3.8, 4) is 0 Å². The van der Waals surface area contributed by atoms with Crippen molar-refractivity contribution >= 4 is 23.8 Å². The van der Waals surface area contributed by atoms with Crippen molar-refractivity contribution in [3.05, 3.63) is 0 Å². The Balaban J connectivity index is 2.06. The summed E-state index contributed by atoms with van der Waals surface area (Å²) < 4.78 is 5.39. The average Bonchev–Trinajstić information content (AvgIpc) is 2.29. The van der Waals surface area contributed by atoms with Gasteiger partial charge in [-0.25, -0.2) is 4.79 Å². The summed E-state index contributed by atoms with van der Waals surface area (Å²) in [7, 11) is 0. The summed E-state index contributed by atoms with van der Waals surface area (Å²) in [4.78, 5) is 27.4. The van der Waals surface area contributed by atoms with Crippen molar-refractivity contribution in [1.82, 2.24) is 9.80 Å². The molecule has 0 radical (unpaired) electrons. The summed E-state index contributed by atoms with van der Waals surface area (Å²) in [5.74, 6) is -0.813. The molecule has 0 aromatic carbocycles. The van der Waals surface area contributed by atoms with Gasteiger partial charge in [0.05, 0.1) is 12.0 Å². The van der Waals surface area contributed by atoms with Crippen LogP contribution in [0.1, 0.15) is 41.0 Å². The molecular weight excluding hydrogens is 316 g/mol. The first kappa shape index (κ1) is 18.4. The number of ether oxygens (including phenoxy) is 1. The lowest BCUT2D eigenvalue weighted by molar-refractivity contribution is -0.146. The molecule has 0 bridgehead atoms. The lowest BCUT2D eigenvalue weighted by Gasteiger charge is -2.57. The van der Waals surface area contributed by atoms with Crippen LogP contribution in [0.5, 0.6) is 0 Å². The fourth-order valence-corrected chi connectivity index (χ4v) is 4.72. The van der Waals surface area contributed by atoms with Gasteiger partial charge in [-0.1, -0.05) is 13.8 Å². The van der Waals surface area contributed by atoms with E-state index in [1.165, 1.54) is 0 Å². The summed E-state index contributed by atoms with van der Waals surface area (Å²) in [6.07, 6.45) is -0.290. The monoisotopic (exact) mass is 344 g/mol. The first-order valence-electron chi connectivity index (χ1n) is 8.11. The van der Waals surface area contributed by atoms with Crippen LogP contribution in [0.15, 0.2) is 0 Å². The molecule has 2 fully saturated rings. The number of carbonyl (C=O) groups is 2. The van der Waals surface area contributed by atoms with Crippen LogP contribution < -0.4 is 0 Å². The average molecular weight is 344 g/mol. The highest BCUT2D eigenvalue weighted by atomic mass is 32.2. The topological polar surface area (TPSA) is 70.1 Å². The molecule has 0 aliphatic carbocycles. The molecule has 132 valence electrons. The number of hydrogen-bond acceptors (Lipinski definition) is 5.